The van der Waals surface area contributed by atoms with Gasteiger partial charge in [-0.3, -0.25) is 0 Å². The second-order valence-corrected chi connectivity index (χ2v) is 3.57. The van der Waals surface area contributed by atoms with Gasteiger partial charge in [-0.2, -0.15) is 0 Å². The Labute approximate surface area is 73.2 Å². The largest absolute Gasteiger partial charge is 0.512 e. The van der Waals surface area contributed by atoms with E-state index in [2.05, 4.69) is 11.5 Å². The first-order valence-corrected chi connectivity index (χ1v) is 4.64. The summed E-state index contributed by atoms with van der Waals surface area (Å²) in [4.78, 5) is 2.28. The molecule has 0 unspecified atom stereocenters. The van der Waals surface area contributed by atoms with Gasteiger partial charge in [-0.15, -0.1) is 0 Å². The van der Waals surface area contributed by atoms with Gasteiger partial charge in [0, 0.05) is 30.8 Å². The number of allylic oxidation sites excluding steroid dienone is 2. The fourth-order valence-corrected chi connectivity index (χ4v) is 2.02. The summed E-state index contributed by atoms with van der Waals surface area (Å²) in [7, 11) is 0. The third kappa shape index (κ3) is 1.11. The van der Waals surface area contributed by atoms with E-state index < -0.39 is 0 Å². The molecule has 0 spiro atoms. The molecule has 1 fully saturated rings. The van der Waals surface area contributed by atoms with Crippen molar-refractivity contribution in [2.24, 2.45) is 0 Å². The average Bonchev–Trinajstić information content (AvgIpc) is 2.43. The summed E-state index contributed by atoms with van der Waals surface area (Å²) in [6.45, 7) is 6.17. The molecule has 1 saturated heterocycles. The number of nitrogens with zero attached hydrogens (tertiary/aromatic N) is 1. The zero-order valence-corrected chi connectivity index (χ0v) is 7.34. The van der Waals surface area contributed by atoms with Crippen molar-refractivity contribution >= 4 is 0 Å². The highest BCUT2D eigenvalue weighted by Gasteiger charge is 2.24. The summed E-state index contributed by atoms with van der Waals surface area (Å²) in [5.41, 5.74) is 2.17. The number of fused-ring (bicyclic) bond motifs is 2. The van der Waals surface area contributed by atoms with Gasteiger partial charge < -0.3 is 10.0 Å². The highest BCUT2D eigenvalue weighted by Crippen LogP contribution is 2.31. The lowest BCUT2D eigenvalue weighted by atomic mass is 10.1. The molecule has 0 aliphatic carbocycles. The molecule has 2 bridgehead atoms. The van der Waals surface area contributed by atoms with Crippen molar-refractivity contribution in [3.05, 3.63) is 23.6 Å². The predicted octanol–water partition coefficient (Wildman–Crippen LogP) is 2.20. The Morgan fingerprint density at radius 3 is 2.83 bits per heavy atom. The van der Waals surface area contributed by atoms with Crippen LogP contribution in [0, 0.1) is 0 Å². The van der Waals surface area contributed by atoms with Gasteiger partial charge in [-0.05, 0) is 19.3 Å². The van der Waals surface area contributed by atoms with E-state index in [0.29, 0.717) is 5.76 Å². The Balaban J connectivity index is 2.31. The maximum atomic E-state index is 9.66. The second kappa shape index (κ2) is 2.85. The minimum Gasteiger partial charge on any atom is -0.512 e. The standard InChI is InChI=1S/C10H15NO/c1-8-9-5-7-11(8)6-3-2-4-10(9)12/h12H,1-7H2/b10-9+. The molecule has 0 radical (unpaired) electrons. The van der Waals surface area contributed by atoms with Crippen molar-refractivity contribution in [3.63, 3.8) is 0 Å². The number of aliphatic hydroxyl groups excluding tert-OH is 1. The maximum absolute atomic E-state index is 9.66. The molecule has 1 N–H and O–H groups in total. The Bertz CT molecular complexity index is 242. The molecule has 2 rings (SSSR count). The van der Waals surface area contributed by atoms with Crippen molar-refractivity contribution in [1.29, 1.82) is 0 Å². The Kier molecular flexibility index (Phi) is 1.83. The fourth-order valence-electron chi connectivity index (χ4n) is 2.02. The molecule has 12 heavy (non-hydrogen) atoms. The minimum absolute atomic E-state index is 0.585. The van der Waals surface area contributed by atoms with Crippen molar-refractivity contribution in [1.82, 2.24) is 4.90 Å². The molecule has 2 heteroatoms. The summed E-state index contributed by atoms with van der Waals surface area (Å²) in [6.07, 6.45) is 4.13. The van der Waals surface area contributed by atoms with Gasteiger partial charge in [0.25, 0.3) is 0 Å². The molecule has 2 aliphatic rings. The van der Waals surface area contributed by atoms with E-state index in [1.165, 1.54) is 6.42 Å². The van der Waals surface area contributed by atoms with E-state index in [-0.39, 0.29) is 0 Å². The molecular formula is C10H15NO. The van der Waals surface area contributed by atoms with Crippen LogP contribution in [0.3, 0.4) is 0 Å². The van der Waals surface area contributed by atoms with E-state index in [1.54, 1.807) is 0 Å². The van der Waals surface area contributed by atoms with Crippen molar-refractivity contribution < 1.29 is 5.11 Å². The van der Waals surface area contributed by atoms with E-state index in [4.69, 9.17) is 0 Å². The van der Waals surface area contributed by atoms with Gasteiger partial charge in [0.05, 0.1) is 5.76 Å². The van der Waals surface area contributed by atoms with Crippen LogP contribution in [0.2, 0.25) is 0 Å². The number of rotatable bonds is 0. The van der Waals surface area contributed by atoms with Crippen LogP contribution in [0.1, 0.15) is 25.7 Å². The van der Waals surface area contributed by atoms with Gasteiger partial charge in [0.2, 0.25) is 0 Å². The predicted molar refractivity (Wildman–Crippen MR) is 48.8 cm³/mol. The lowest BCUT2D eigenvalue weighted by Crippen LogP contribution is -2.19. The molecule has 2 nitrogen and oxygen atoms in total. The Hall–Kier alpha value is -0.920. The molecule has 0 aromatic heterocycles. The molecule has 0 atom stereocenters. The normalized spacial score (nSPS) is 30.3. The smallest absolute Gasteiger partial charge is 0.0975 e. The SMILES string of the molecule is C=C1/C2=C(/O)CCCCN1CC2. The van der Waals surface area contributed by atoms with Crippen molar-refractivity contribution in [2.45, 2.75) is 25.7 Å². The number of hydrogen-bond donors (Lipinski definition) is 1. The van der Waals surface area contributed by atoms with Crippen LogP contribution in [-0.4, -0.2) is 23.1 Å². The van der Waals surface area contributed by atoms with Gasteiger partial charge >= 0.3 is 0 Å². The quantitative estimate of drug-likeness (QED) is 0.594. The molecular weight excluding hydrogens is 150 g/mol. The number of aliphatic hydroxyl groups is 1. The minimum atomic E-state index is 0.585. The zero-order valence-electron chi connectivity index (χ0n) is 7.34. The summed E-state index contributed by atoms with van der Waals surface area (Å²) in [6, 6.07) is 0. The van der Waals surface area contributed by atoms with Gasteiger partial charge in [-0.25, -0.2) is 0 Å². The lowest BCUT2D eigenvalue weighted by Gasteiger charge is -2.21. The Morgan fingerprint density at radius 1 is 1.17 bits per heavy atom. The topological polar surface area (TPSA) is 23.5 Å². The van der Waals surface area contributed by atoms with Crippen LogP contribution < -0.4 is 0 Å². The molecule has 0 saturated carbocycles. The highest BCUT2D eigenvalue weighted by atomic mass is 16.3. The summed E-state index contributed by atoms with van der Waals surface area (Å²) >= 11 is 0. The van der Waals surface area contributed by atoms with Gasteiger partial charge in [0.15, 0.2) is 0 Å². The number of hydrogen-bond acceptors (Lipinski definition) is 2. The first-order chi connectivity index (χ1) is 5.79. The maximum Gasteiger partial charge on any atom is 0.0975 e. The zero-order chi connectivity index (χ0) is 8.55. The van der Waals surface area contributed by atoms with Crippen LogP contribution in [0.25, 0.3) is 0 Å². The molecule has 66 valence electrons. The van der Waals surface area contributed by atoms with Gasteiger partial charge in [0.1, 0.15) is 0 Å². The second-order valence-electron chi connectivity index (χ2n) is 3.57. The van der Waals surface area contributed by atoms with Crippen molar-refractivity contribution in [2.75, 3.05) is 13.1 Å². The summed E-state index contributed by atoms with van der Waals surface area (Å²) in [5, 5.41) is 9.66. The van der Waals surface area contributed by atoms with Crippen LogP contribution in [-0.2, 0) is 0 Å². The summed E-state index contributed by atoms with van der Waals surface area (Å²) < 4.78 is 0. The molecule has 0 aromatic rings. The van der Waals surface area contributed by atoms with E-state index in [9.17, 15) is 5.11 Å². The average molecular weight is 165 g/mol. The molecule has 0 aromatic carbocycles. The summed E-state index contributed by atoms with van der Waals surface area (Å²) in [5.74, 6) is 0.585. The monoisotopic (exact) mass is 165 g/mol. The lowest BCUT2D eigenvalue weighted by molar-refractivity contribution is 0.346. The highest BCUT2D eigenvalue weighted by molar-refractivity contribution is 5.34. The first-order valence-electron chi connectivity index (χ1n) is 4.64. The molecule has 2 aliphatic heterocycles. The Morgan fingerprint density at radius 2 is 2.00 bits per heavy atom. The van der Waals surface area contributed by atoms with E-state index >= 15 is 0 Å². The molecule has 2 heterocycles. The third-order valence-corrected chi connectivity index (χ3v) is 2.80. The van der Waals surface area contributed by atoms with Crippen molar-refractivity contribution in [3.8, 4) is 0 Å². The first kappa shape index (κ1) is 7.71. The van der Waals surface area contributed by atoms with Crippen LogP contribution in [0.15, 0.2) is 23.6 Å². The van der Waals surface area contributed by atoms with E-state index in [0.717, 1.165) is 43.6 Å². The molecule has 0 amide bonds. The fraction of sp³-hybridized carbons (Fsp3) is 0.600. The van der Waals surface area contributed by atoms with Crippen LogP contribution in [0.5, 0.6) is 0 Å². The third-order valence-electron chi connectivity index (χ3n) is 2.80. The van der Waals surface area contributed by atoms with E-state index in [1.807, 2.05) is 0 Å². The van der Waals surface area contributed by atoms with Gasteiger partial charge in [-0.1, -0.05) is 6.58 Å². The van der Waals surface area contributed by atoms with Crippen LogP contribution in [0.4, 0.5) is 0 Å². The van der Waals surface area contributed by atoms with Crippen LogP contribution >= 0.6 is 0 Å².